The SMILES string of the molecule is C=CCOc1ccc(-c2cc(C[C@@H]3O[C@@H]4COC(CCC)O[C@H]4[C@H](O)[C@H]3O)[nH]n2)cc1. The normalized spacial score (nSPS) is 30.5. The van der Waals surface area contributed by atoms with Gasteiger partial charge in [-0.1, -0.05) is 26.0 Å². The third-order valence-corrected chi connectivity index (χ3v) is 5.63. The number of rotatable bonds is 8. The predicted octanol–water partition coefficient (Wildman–Crippen LogP) is 2.21. The Bertz CT molecular complexity index is 852. The molecule has 3 heterocycles. The summed E-state index contributed by atoms with van der Waals surface area (Å²) >= 11 is 0. The minimum atomic E-state index is -1.06. The number of ether oxygens (including phenoxy) is 4. The molecule has 2 saturated heterocycles. The van der Waals surface area contributed by atoms with E-state index in [1.54, 1.807) is 6.08 Å². The Morgan fingerprint density at radius 1 is 1.23 bits per heavy atom. The Morgan fingerprint density at radius 3 is 2.77 bits per heavy atom. The maximum Gasteiger partial charge on any atom is 0.158 e. The summed E-state index contributed by atoms with van der Waals surface area (Å²) in [5, 5.41) is 28.6. The number of fused-ring (bicyclic) bond motifs is 1. The lowest BCUT2D eigenvalue weighted by molar-refractivity contribution is -0.325. The molecule has 1 unspecified atom stereocenters. The molecule has 3 N–H and O–H groups in total. The average molecular weight is 431 g/mol. The molecule has 2 aromatic rings. The lowest BCUT2D eigenvalue weighted by Gasteiger charge is -2.46. The van der Waals surface area contributed by atoms with E-state index in [2.05, 4.69) is 16.8 Å². The Kier molecular flexibility index (Phi) is 7.04. The van der Waals surface area contributed by atoms with Gasteiger partial charge in [0.1, 0.15) is 36.8 Å². The van der Waals surface area contributed by atoms with Crippen molar-refractivity contribution in [2.75, 3.05) is 13.2 Å². The van der Waals surface area contributed by atoms with Crippen LogP contribution in [0.25, 0.3) is 11.3 Å². The van der Waals surface area contributed by atoms with Gasteiger partial charge < -0.3 is 29.2 Å². The Morgan fingerprint density at radius 2 is 2.03 bits per heavy atom. The molecule has 1 aromatic heterocycles. The van der Waals surface area contributed by atoms with Gasteiger partial charge in [0.25, 0.3) is 0 Å². The summed E-state index contributed by atoms with van der Waals surface area (Å²) in [6.45, 7) is 6.48. The van der Waals surface area contributed by atoms with E-state index in [1.165, 1.54) is 0 Å². The number of nitrogens with zero attached hydrogens (tertiary/aromatic N) is 1. The fourth-order valence-electron chi connectivity index (χ4n) is 4.00. The van der Waals surface area contributed by atoms with Gasteiger partial charge in [-0.15, -0.1) is 0 Å². The van der Waals surface area contributed by atoms with Gasteiger partial charge in [0.05, 0.1) is 18.4 Å². The van der Waals surface area contributed by atoms with Crippen molar-refractivity contribution >= 4 is 0 Å². The monoisotopic (exact) mass is 430 g/mol. The van der Waals surface area contributed by atoms with Crippen molar-refractivity contribution in [3.8, 4) is 17.0 Å². The number of H-pyrrole nitrogens is 1. The lowest BCUT2D eigenvalue weighted by Crippen LogP contribution is -2.63. The standard InChI is InChI=1S/C23H30N2O6/c1-3-5-20-29-13-19-23(31-20)22(27)21(26)18(30-19)12-15-11-17(25-24-15)14-6-8-16(9-7-14)28-10-4-2/h4,6-9,11,18-23,26-27H,2-3,5,10,12-13H2,1H3,(H,24,25)/t18-,19+,20?,21-,22+,23+/m0/s1. The summed E-state index contributed by atoms with van der Waals surface area (Å²) in [4.78, 5) is 0. The molecular formula is C23H30N2O6. The van der Waals surface area contributed by atoms with E-state index >= 15 is 0 Å². The van der Waals surface area contributed by atoms with Crippen LogP contribution in [0.4, 0.5) is 0 Å². The van der Waals surface area contributed by atoms with Crippen LogP contribution in [0.2, 0.25) is 0 Å². The summed E-state index contributed by atoms with van der Waals surface area (Å²) in [6.07, 6.45) is -0.307. The molecule has 168 valence electrons. The molecule has 0 radical (unpaired) electrons. The predicted molar refractivity (Wildman–Crippen MR) is 114 cm³/mol. The van der Waals surface area contributed by atoms with Gasteiger partial charge in [0, 0.05) is 17.7 Å². The van der Waals surface area contributed by atoms with Crippen molar-refractivity contribution in [2.45, 2.75) is 63.0 Å². The van der Waals surface area contributed by atoms with E-state index in [-0.39, 0.29) is 6.29 Å². The molecule has 1 aromatic carbocycles. The van der Waals surface area contributed by atoms with E-state index in [0.29, 0.717) is 19.6 Å². The Hall–Kier alpha value is -2.23. The number of aromatic amines is 1. The van der Waals surface area contributed by atoms with Crippen LogP contribution in [0.5, 0.6) is 5.75 Å². The number of aromatic nitrogens is 2. The molecule has 31 heavy (non-hydrogen) atoms. The summed E-state index contributed by atoms with van der Waals surface area (Å²) in [6, 6.07) is 9.54. The van der Waals surface area contributed by atoms with E-state index < -0.39 is 30.5 Å². The maximum absolute atomic E-state index is 10.6. The first-order chi connectivity index (χ1) is 15.1. The second-order valence-electron chi connectivity index (χ2n) is 7.95. The van der Waals surface area contributed by atoms with Crippen LogP contribution in [0.3, 0.4) is 0 Å². The molecule has 2 fully saturated rings. The summed E-state index contributed by atoms with van der Waals surface area (Å²) in [5.41, 5.74) is 2.52. The first-order valence-electron chi connectivity index (χ1n) is 10.8. The molecule has 8 heteroatoms. The average Bonchev–Trinajstić information content (AvgIpc) is 3.25. The topological polar surface area (TPSA) is 106 Å². The number of hydrogen-bond acceptors (Lipinski definition) is 7. The first-order valence-corrected chi connectivity index (χ1v) is 10.8. The number of aliphatic hydroxyl groups is 2. The molecule has 8 nitrogen and oxygen atoms in total. The highest BCUT2D eigenvalue weighted by molar-refractivity contribution is 5.60. The van der Waals surface area contributed by atoms with E-state index in [9.17, 15) is 10.2 Å². The van der Waals surface area contributed by atoms with Crippen molar-refractivity contribution in [3.05, 3.63) is 48.7 Å². The van der Waals surface area contributed by atoms with Gasteiger partial charge in [-0.05, 0) is 36.8 Å². The van der Waals surface area contributed by atoms with Gasteiger partial charge in [-0.3, -0.25) is 5.10 Å². The van der Waals surface area contributed by atoms with Crippen molar-refractivity contribution < 1.29 is 29.2 Å². The number of nitrogens with one attached hydrogen (secondary N) is 1. The van der Waals surface area contributed by atoms with Gasteiger partial charge in [0.2, 0.25) is 0 Å². The molecule has 2 aliphatic rings. The molecular weight excluding hydrogens is 400 g/mol. The lowest BCUT2D eigenvalue weighted by atomic mass is 9.92. The number of hydrogen-bond donors (Lipinski definition) is 3. The molecule has 0 saturated carbocycles. The van der Waals surface area contributed by atoms with Crippen LogP contribution >= 0.6 is 0 Å². The molecule has 0 bridgehead atoms. The van der Waals surface area contributed by atoms with Crippen LogP contribution in [0.15, 0.2) is 43.0 Å². The largest absolute Gasteiger partial charge is 0.490 e. The zero-order chi connectivity index (χ0) is 21.8. The van der Waals surface area contributed by atoms with Crippen molar-refractivity contribution in [1.82, 2.24) is 10.2 Å². The second kappa shape index (κ2) is 9.93. The Labute approximate surface area is 181 Å². The zero-order valence-electron chi connectivity index (χ0n) is 17.6. The van der Waals surface area contributed by atoms with Crippen LogP contribution < -0.4 is 4.74 Å². The first kappa shape index (κ1) is 22.0. The van der Waals surface area contributed by atoms with Gasteiger partial charge >= 0.3 is 0 Å². The van der Waals surface area contributed by atoms with Crippen molar-refractivity contribution in [3.63, 3.8) is 0 Å². The van der Waals surface area contributed by atoms with E-state index in [1.807, 2.05) is 37.3 Å². The molecule has 4 rings (SSSR count). The highest BCUT2D eigenvalue weighted by atomic mass is 16.7. The van der Waals surface area contributed by atoms with Crippen molar-refractivity contribution in [2.24, 2.45) is 0 Å². The van der Waals surface area contributed by atoms with Gasteiger partial charge in [0.15, 0.2) is 6.29 Å². The van der Waals surface area contributed by atoms with E-state index in [0.717, 1.165) is 35.5 Å². The van der Waals surface area contributed by atoms with Gasteiger partial charge in [-0.25, -0.2) is 0 Å². The van der Waals surface area contributed by atoms with Crippen LogP contribution in [0.1, 0.15) is 25.5 Å². The Balaban J connectivity index is 1.39. The number of aliphatic hydroxyl groups excluding tert-OH is 2. The number of benzene rings is 1. The van der Waals surface area contributed by atoms with Crippen LogP contribution in [-0.2, 0) is 20.6 Å². The molecule has 0 aliphatic carbocycles. The van der Waals surface area contributed by atoms with Crippen molar-refractivity contribution in [1.29, 1.82) is 0 Å². The maximum atomic E-state index is 10.6. The quantitative estimate of drug-likeness (QED) is 0.552. The molecule has 0 spiro atoms. The highest BCUT2D eigenvalue weighted by Crippen LogP contribution is 2.31. The van der Waals surface area contributed by atoms with Gasteiger partial charge in [-0.2, -0.15) is 5.10 Å². The minimum absolute atomic E-state index is 0.337. The summed E-state index contributed by atoms with van der Waals surface area (Å²) in [7, 11) is 0. The summed E-state index contributed by atoms with van der Waals surface area (Å²) in [5.74, 6) is 0.764. The fraction of sp³-hybridized carbons (Fsp3) is 0.522. The second-order valence-corrected chi connectivity index (χ2v) is 7.95. The fourth-order valence-corrected chi connectivity index (χ4v) is 4.00. The molecule has 6 atom stereocenters. The van der Waals surface area contributed by atoms with E-state index in [4.69, 9.17) is 18.9 Å². The molecule has 0 amide bonds. The third-order valence-electron chi connectivity index (χ3n) is 5.63. The van der Waals surface area contributed by atoms with Crippen LogP contribution in [0, 0.1) is 0 Å². The third kappa shape index (κ3) is 4.99. The minimum Gasteiger partial charge on any atom is -0.490 e. The zero-order valence-corrected chi connectivity index (χ0v) is 17.6. The summed E-state index contributed by atoms with van der Waals surface area (Å²) < 4.78 is 23.0. The smallest absolute Gasteiger partial charge is 0.158 e. The van der Waals surface area contributed by atoms with Crippen LogP contribution in [-0.4, -0.2) is 70.4 Å². The highest BCUT2D eigenvalue weighted by Gasteiger charge is 2.48. The molecule has 2 aliphatic heterocycles.